The van der Waals surface area contributed by atoms with E-state index in [0.29, 0.717) is 5.41 Å². The fourth-order valence-electron chi connectivity index (χ4n) is 3.46. The van der Waals surface area contributed by atoms with Crippen LogP contribution >= 0.6 is 0 Å². The number of pyridine rings is 1. The summed E-state index contributed by atoms with van der Waals surface area (Å²) in [6.45, 7) is 10.2. The Morgan fingerprint density at radius 1 is 1.35 bits per heavy atom. The lowest BCUT2D eigenvalue weighted by molar-refractivity contribution is 0.104. The van der Waals surface area contributed by atoms with Crippen LogP contribution in [-0.4, -0.2) is 36.1 Å². The predicted octanol–water partition coefficient (Wildman–Crippen LogP) is 3.07. The van der Waals surface area contributed by atoms with Crippen LogP contribution < -0.4 is 5.32 Å². The molecule has 112 valence electrons. The summed E-state index contributed by atoms with van der Waals surface area (Å²) in [6.07, 6.45) is 7.20. The van der Waals surface area contributed by atoms with Crippen LogP contribution in [0.25, 0.3) is 0 Å². The standard InChI is InChI=1S/C17H29N3/c1-3-9-17(10-7-11-18-14-17)15-20(4-2)13-16-8-5-6-12-19-16/h5-6,8,12,18H,3-4,7,9-11,13-15H2,1-2H3. The van der Waals surface area contributed by atoms with E-state index >= 15 is 0 Å². The monoisotopic (exact) mass is 275 g/mol. The van der Waals surface area contributed by atoms with E-state index in [-0.39, 0.29) is 0 Å². The highest BCUT2D eigenvalue weighted by molar-refractivity contribution is 5.03. The summed E-state index contributed by atoms with van der Waals surface area (Å²) in [5.41, 5.74) is 1.65. The molecule has 1 aromatic heterocycles. The van der Waals surface area contributed by atoms with Gasteiger partial charge in [0.2, 0.25) is 0 Å². The molecule has 2 heterocycles. The van der Waals surface area contributed by atoms with E-state index in [1.165, 1.54) is 51.0 Å². The first kappa shape index (κ1) is 15.5. The topological polar surface area (TPSA) is 28.2 Å². The second-order valence-electron chi connectivity index (χ2n) is 6.15. The molecular formula is C17H29N3. The van der Waals surface area contributed by atoms with Crippen molar-refractivity contribution in [2.24, 2.45) is 5.41 Å². The quantitative estimate of drug-likeness (QED) is 0.829. The molecule has 3 heteroatoms. The van der Waals surface area contributed by atoms with Gasteiger partial charge in [-0.05, 0) is 49.9 Å². The Labute approximate surface area is 123 Å². The Kier molecular flexibility index (Phi) is 5.99. The molecule has 1 aliphatic rings. The van der Waals surface area contributed by atoms with E-state index in [2.05, 4.69) is 41.2 Å². The largest absolute Gasteiger partial charge is 0.316 e. The van der Waals surface area contributed by atoms with Crippen molar-refractivity contribution in [2.45, 2.75) is 46.1 Å². The number of hydrogen-bond acceptors (Lipinski definition) is 3. The maximum absolute atomic E-state index is 4.47. The highest BCUT2D eigenvalue weighted by Crippen LogP contribution is 2.32. The van der Waals surface area contributed by atoms with Gasteiger partial charge in [0.05, 0.1) is 5.69 Å². The smallest absolute Gasteiger partial charge is 0.0543 e. The molecule has 0 saturated carbocycles. The summed E-state index contributed by atoms with van der Waals surface area (Å²) in [5, 5.41) is 3.61. The van der Waals surface area contributed by atoms with Gasteiger partial charge in [-0.25, -0.2) is 0 Å². The number of nitrogens with zero attached hydrogens (tertiary/aromatic N) is 2. The van der Waals surface area contributed by atoms with Crippen LogP contribution in [0.2, 0.25) is 0 Å². The van der Waals surface area contributed by atoms with Crippen LogP contribution in [0.3, 0.4) is 0 Å². The fourth-order valence-corrected chi connectivity index (χ4v) is 3.46. The molecule has 0 spiro atoms. The molecule has 1 saturated heterocycles. The Morgan fingerprint density at radius 3 is 2.85 bits per heavy atom. The Morgan fingerprint density at radius 2 is 2.25 bits per heavy atom. The molecule has 1 unspecified atom stereocenters. The maximum atomic E-state index is 4.47. The molecule has 0 radical (unpaired) electrons. The molecule has 1 fully saturated rings. The first-order valence-electron chi connectivity index (χ1n) is 8.11. The maximum Gasteiger partial charge on any atom is 0.0543 e. The van der Waals surface area contributed by atoms with Gasteiger partial charge in [-0.3, -0.25) is 9.88 Å². The SMILES string of the molecule is CCCC1(CN(CC)Cc2ccccn2)CCCNC1. The van der Waals surface area contributed by atoms with Crippen molar-refractivity contribution in [1.29, 1.82) is 0 Å². The second kappa shape index (κ2) is 7.75. The summed E-state index contributed by atoms with van der Waals surface area (Å²) >= 11 is 0. The van der Waals surface area contributed by atoms with Gasteiger partial charge < -0.3 is 5.32 Å². The second-order valence-corrected chi connectivity index (χ2v) is 6.15. The lowest BCUT2D eigenvalue weighted by Crippen LogP contribution is -2.47. The lowest BCUT2D eigenvalue weighted by atomic mass is 9.76. The molecule has 0 amide bonds. The lowest BCUT2D eigenvalue weighted by Gasteiger charge is -2.41. The number of rotatable bonds is 7. The zero-order valence-electron chi connectivity index (χ0n) is 13.1. The van der Waals surface area contributed by atoms with Crippen LogP contribution in [0.4, 0.5) is 0 Å². The molecule has 1 atom stereocenters. The van der Waals surface area contributed by atoms with Crippen molar-refractivity contribution in [1.82, 2.24) is 15.2 Å². The minimum absolute atomic E-state index is 0.470. The van der Waals surface area contributed by atoms with Crippen molar-refractivity contribution in [3.8, 4) is 0 Å². The van der Waals surface area contributed by atoms with Gasteiger partial charge in [0, 0.05) is 25.8 Å². The fraction of sp³-hybridized carbons (Fsp3) is 0.706. The zero-order chi connectivity index (χ0) is 14.3. The van der Waals surface area contributed by atoms with Gasteiger partial charge in [-0.1, -0.05) is 26.3 Å². The third kappa shape index (κ3) is 4.29. The molecule has 2 rings (SSSR count). The third-order valence-electron chi connectivity index (χ3n) is 4.46. The van der Waals surface area contributed by atoms with Crippen LogP contribution in [-0.2, 0) is 6.54 Å². The van der Waals surface area contributed by atoms with E-state index in [4.69, 9.17) is 0 Å². The van der Waals surface area contributed by atoms with Gasteiger partial charge in [-0.15, -0.1) is 0 Å². The van der Waals surface area contributed by atoms with E-state index < -0.39 is 0 Å². The van der Waals surface area contributed by atoms with E-state index in [1.807, 2.05) is 12.3 Å². The van der Waals surface area contributed by atoms with Crippen molar-refractivity contribution < 1.29 is 0 Å². The normalized spacial score (nSPS) is 23.1. The third-order valence-corrected chi connectivity index (χ3v) is 4.46. The molecule has 1 aromatic rings. The van der Waals surface area contributed by atoms with Crippen LogP contribution in [0, 0.1) is 5.41 Å². The summed E-state index contributed by atoms with van der Waals surface area (Å²) in [5.74, 6) is 0. The first-order valence-corrected chi connectivity index (χ1v) is 8.11. The van der Waals surface area contributed by atoms with E-state index in [9.17, 15) is 0 Å². The van der Waals surface area contributed by atoms with E-state index in [1.54, 1.807) is 0 Å². The molecule has 20 heavy (non-hydrogen) atoms. The average Bonchev–Trinajstić information content (AvgIpc) is 2.49. The Hall–Kier alpha value is -0.930. The van der Waals surface area contributed by atoms with Gasteiger partial charge in [-0.2, -0.15) is 0 Å². The van der Waals surface area contributed by atoms with Gasteiger partial charge in [0.25, 0.3) is 0 Å². The molecule has 3 nitrogen and oxygen atoms in total. The minimum atomic E-state index is 0.470. The first-order chi connectivity index (χ1) is 9.78. The van der Waals surface area contributed by atoms with Crippen LogP contribution in [0.5, 0.6) is 0 Å². The van der Waals surface area contributed by atoms with Crippen molar-refractivity contribution >= 4 is 0 Å². The molecule has 0 aromatic carbocycles. The average molecular weight is 275 g/mol. The van der Waals surface area contributed by atoms with E-state index in [0.717, 1.165) is 13.1 Å². The summed E-state index contributed by atoms with van der Waals surface area (Å²) < 4.78 is 0. The molecule has 0 bridgehead atoms. The number of hydrogen-bond donors (Lipinski definition) is 1. The predicted molar refractivity (Wildman–Crippen MR) is 84.6 cm³/mol. The van der Waals surface area contributed by atoms with Gasteiger partial charge >= 0.3 is 0 Å². The summed E-state index contributed by atoms with van der Waals surface area (Å²) in [6, 6.07) is 6.21. The highest BCUT2D eigenvalue weighted by Gasteiger charge is 2.32. The number of nitrogens with one attached hydrogen (secondary N) is 1. The zero-order valence-corrected chi connectivity index (χ0v) is 13.1. The highest BCUT2D eigenvalue weighted by atomic mass is 15.1. The molecular weight excluding hydrogens is 246 g/mol. The van der Waals surface area contributed by atoms with Gasteiger partial charge in [0.1, 0.15) is 0 Å². The minimum Gasteiger partial charge on any atom is -0.316 e. The summed E-state index contributed by atoms with van der Waals surface area (Å²) in [4.78, 5) is 7.03. The van der Waals surface area contributed by atoms with Gasteiger partial charge in [0.15, 0.2) is 0 Å². The van der Waals surface area contributed by atoms with Crippen molar-refractivity contribution in [3.63, 3.8) is 0 Å². The van der Waals surface area contributed by atoms with Crippen LogP contribution in [0.15, 0.2) is 24.4 Å². The molecule has 1 N–H and O–H groups in total. The Bertz CT molecular complexity index is 366. The van der Waals surface area contributed by atoms with Crippen LogP contribution in [0.1, 0.15) is 45.2 Å². The molecule has 0 aliphatic carbocycles. The Balaban J connectivity index is 1.99. The van der Waals surface area contributed by atoms with Crippen molar-refractivity contribution in [2.75, 3.05) is 26.2 Å². The summed E-state index contributed by atoms with van der Waals surface area (Å²) in [7, 11) is 0. The molecule has 1 aliphatic heterocycles. The number of piperidine rings is 1. The van der Waals surface area contributed by atoms with Crippen molar-refractivity contribution in [3.05, 3.63) is 30.1 Å². The number of aromatic nitrogens is 1.